The van der Waals surface area contributed by atoms with Crippen LogP contribution in [0.3, 0.4) is 0 Å². The molecule has 1 aromatic carbocycles. The van der Waals surface area contributed by atoms with Crippen LogP contribution < -0.4 is 4.90 Å². The molecule has 2 aromatic rings. The molecule has 86 valence electrons. The van der Waals surface area contributed by atoms with Crippen LogP contribution in [-0.2, 0) is 4.74 Å². The van der Waals surface area contributed by atoms with Gasteiger partial charge in [-0.1, -0.05) is 12.1 Å². The Hall–Kier alpha value is -1.99. The number of ether oxygens (including phenoxy) is 1. The number of fused-ring (bicyclic) bond motifs is 1. The number of hydrogen-bond acceptors (Lipinski definition) is 3. The van der Waals surface area contributed by atoms with E-state index in [0.29, 0.717) is 5.69 Å². The molecule has 1 fully saturated rings. The normalized spacial score (nSPS) is 16.1. The van der Waals surface area contributed by atoms with Gasteiger partial charge in [-0.25, -0.2) is 0 Å². The van der Waals surface area contributed by atoms with Crippen molar-refractivity contribution in [2.45, 2.75) is 0 Å². The molecule has 0 amide bonds. The second-order valence-electron chi connectivity index (χ2n) is 4.14. The maximum atomic E-state index is 8.93. The van der Waals surface area contributed by atoms with E-state index < -0.39 is 0 Å². The molecular weight excluding hydrogens is 214 g/mol. The van der Waals surface area contributed by atoms with Crippen LogP contribution >= 0.6 is 0 Å². The lowest BCUT2D eigenvalue weighted by Gasteiger charge is -2.29. The summed E-state index contributed by atoms with van der Waals surface area (Å²) in [6.45, 7) is 3.34. The number of aromatic nitrogens is 1. The van der Waals surface area contributed by atoms with Crippen molar-refractivity contribution in [1.29, 1.82) is 5.26 Å². The fourth-order valence-electron chi connectivity index (χ4n) is 2.27. The lowest BCUT2D eigenvalue weighted by molar-refractivity contribution is 0.123. The summed E-state index contributed by atoms with van der Waals surface area (Å²) in [6.07, 6.45) is 0. The number of nitriles is 1. The number of para-hydroxylation sites is 1. The molecule has 0 bridgehead atoms. The molecule has 4 heteroatoms. The monoisotopic (exact) mass is 227 g/mol. The second kappa shape index (κ2) is 4.11. The Morgan fingerprint density at radius 1 is 1.29 bits per heavy atom. The zero-order chi connectivity index (χ0) is 11.7. The van der Waals surface area contributed by atoms with Crippen molar-refractivity contribution in [1.82, 2.24) is 4.98 Å². The van der Waals surface area contributed by atoms with Gasteiger partial charge in [0.25, 0.3) is 0 Å². The lowest BCUT2D eigenvalue weighted by atomic mass is 10.2. The maximum absolute atomic E-state index is 8.93. The van der Waals surface area contributed by atoms with Crippen LogP contribution in [0.4, 0.5) is 5.69 Å². The van der Waals surface area contributed by atoms with Crippen molar-refractivity contribution in [3.05, 3.63) is 30.0 Å². The second-order valence-corrected chi connectivity index (χ2v) is 4.14. The topological polar surface area (TPSA) is 52.1 Å². The van der Waals surface area contributed by atoms with Crippen molar-refractivity contribution in [2.24, 2.45) is 0 Å². The Morgan fingerprint density at radius 3 is 2.88 bits per heavy atom. The minimum atomic E-state index is 0.612. The molecule has 1 aromatic heterocycles. The summed E-state index contributed by atoms with van der Waals surface area (Å²) in [6, 6.07) is 10.2. The van der Waals surface area contributed by atoms with Gasteiger partial charge in [-0.15, -0.1) is 0 Å². The molecule has 0 saturated carbocycles. The average molecular weight is 227 g/mol. The van der Waals surface area contributed by atoms with Crippen molar-refractivity contribution in [3.63, 3.8) is 0 Å². The SMILES string of the molecule is N#Cc1cc2cccc(N3CCOCC3)c2[nH]1. The highest BCUT2D eigenvalue weighted by Gasteiger charge is 2.14. The molecule has 1 aliphatic heterocycles. The highest BCUT2D eigenvalue weighted by molar-refractivity contribution is 5.92. The molecule has 1 saturated heterocycles. The Morgan fingerprint density at radius 2 is 2.12 bits per heavy atom. The van der Waals surface area contributed by atoms with Gasteiger partial charge in [0.2, 0.25) is 0 Å². The molecule has 0 unspecified atom stereocenters. The summed E-state index contributed by atoms with van der Waals surface area (Å²) >= 11 is 0. The molecule has 2 heterocycles. The van der Waals surface area contributed by atoms with Crippen LogP contribution in [0.5, 0.6) is 0 Å². The van der Waals surface area contributed by atoms with E-state index in [1.54, 1.807) is 0 Å². The highest BCUT2D eigenvalue weighted by Crippen LogP contribution is 2.27. The van der Waals surface area contributed by atoms with Gasteiger partial charge >= 0.3 is 0 Å². The minimum absolute atomic E-state index is 0.612. The number of morpholine rings is 1. The van der Waals surface area contributed by atoms with Gasteiger partial charge in [-0.05, 0) is 12.1 Å². The molecule has 3 rings (SSSR count). The summed E-state index contributed by atoms with van der Waals surface area (Å²) in [5.74, 6) is 0. The predicted octanol–water partition coefficient (Wildman–Crippen LogP) is 1.88. The molecule has 17 heavy (non-hydrogen) atoms. The van der Waals surface area contributed by atoms with Crippen LogP contribution in [0, 0.1) is 11.3 Å². The first-order valence-corrected chi connectivity index (χ1v) is 5.73. The smallest absolute Gasteiger partial charge is 0.118 e. The number of anilines is 1. The molecule has 0 radical (unpaired) electrons. The first kappa shape index (κ1) is 10.2. The van der Waals surface area contributed by atoms with Crippen molar-refractivity contribution < 1.29 is 4.74 Å². The summed E-state index contributed by atoms with van der Waals surface area (Å²) < 4.78 is 5.36. The van der Waals surface area contributed by atoms with Crippen LogP contribution in [-0.4, -0.2) is 31.3 Å². The quantitative estimate of drug-likeness (QED) is 0.809. The lowest BCUT2D eigenvalue weighted by Crippen LogP contribution is -2.36. The third-order valence-electron chi connectivity index (χ3n) is 3.11. The molecule has 0 aliphatic carbocycles. The number of hydrogen-bond donors (Lipinski definition) is 1. The molecule has 1 aliphatic rings. The van der Waals surface area contributed by atoms with Crippen molar-refractivity contribution in [3.8, 4) is 6.07 Å². The standard InChI is InChI=1S/C13H13N3O/c14-9-11-8-10-2-1-3-12(13(10)15-11)16-4-6-17-7-5-16/h1-3,8,15H,4-7H2. The Balaban J connectivity index is 2.09. The van der Waals surface area contributed by atoms with Crippen LogP contribution in [0.25, 0.3) is 10.9 Å². The Kier molecular flexibility index (Phi) is 2.46. The van der Waals surface area contributed by atoms with Gasteiger partial charge in [-0.2, -0.15) is 5.26 Å². The zero-order valence-electron chi connectivity index (χ0n) is 9.44. The third-order valence-corrected chi connectivity index (χ3v) is 3.11. The van der Waals surface area contributed by atoms with E-state index >= 15 is 0 Å². The minimum Gasteiger partial charge on any atom is -0.378 e. The molecule has 0 spiro atoms. The van der Waals surface area contributed by atoms with Gasteiger partial charge < -0.3 is 14.6 Å². The number of nitrogens with zero attached hydrogens (tertiary/aromatic N) is 2. The number of nitrogens with one attached hydrogen (secondary N) is 1. The summed E-state index contributed by atoms with van der Waals surface area (Å²) in [5, 5.41) is 10.0. The molecule has 0 atom stereocenters. The van der Waals surface area contributed by atoms with E-state index in [-0.39, 0.29) is 0 Å². The van der Waals surface area contributed by atoms with Gasteiger partial charge in [0.15, 0.2) is 0 Å². The number of rotatable bonds is 1. The zero-order valence-corrected chi connectivity index (χ0v) is 9.44. The fraction of sp³-hybridized carbons (Fsp3) is 0.308. The predicted molar refractivity (Wildman–Crippen MR) is 66.0 cm³/mol. The highest BCUT2D eigenvalue weighted by atomic mass is 16.5. The van der Waals surface area contributed by atoms with Crippen molar-refractivity contribution in [2.75, 3.05) is 31.2 Å². The van der Waals surface area contributed by atoms with Gasteiger partial charge in [-0.3, -0.25) is 0 Å². The Bertz CT molecular complexity index is 576. The number of aromatic amines is 1. The van der Waals surface area contributed by atoms with E-state index in [4.69, 9.17) is 10.00 Å². The van der Waals surface area contributed by atoms with E-state index in [0.717, 1.165) is 42.9 Å². The largest absolute Gasteiger partial charge is 0.378 e. The molecule has 1 N–H and O–H groups in total. The summed E-state index contributed by atoms with van der Waals surface area (Å²) in [4.78, 5) is 5.46. The first-order valence-electron chi connectivity index (χ1n) is 5.73. The number of H-pyrrole nitrogens is 1. The maximum Gasteiger partial charge on any atom is 0.118 e. The van der Waals surface area contributed by atoms with Gasteiger partial charge in [0.05, 0.1) is 24.4 Å². The van der Waals surface area contributed by atoms with Gasteiger partial charge in [0.1, 0.15) is 11.8 Å². The summed E-state index contributed by atoms with van der Waals surface area (Å²) in [7, 11) is 0. The fourth-order valence-corrected chi connectivity index (χ4v) is 2.27. The van der Waals surface area contributed by atoms with E-state index in [2.05, 4.69) is 22.0 Å². The van der Waals surface area contributed by atoms with E-state index in [1.807, 2.05) is 18.2 Å². The van der Waals surface area contributed by atoms with E-state index in [1.165, 1.54) is 0 Å². The molecular formula is C13H13N3O. The Labute approximate surface area is 99.4 Å². The summed E-state index contributed by atoms with van der Waals surface area (Å²) in [5.41, 5.74) is 2.82. The number of benzene rings is 1. The van der Waals surface area contributed by atoms with Crippen molar-refractivity contribution >= 4 is 16.6 Å². The third kappa shape index (κ3) is 1.75. The van der Waals surface area contributed by atoms with E-state index in [9.17, 15) is 0 Å². The van der Waals surface area contributed by atoms with Gasteiger partial charge in [0, 0.05) is 18.5 Å². The van der Waals surface area contributed by atoms with Crippen LogP contribution in [0.2, 0.25) is 0 Å². The average Bonchev–Trinajstić information content (AvgIpc) is 2.82. The van der Waals surface area contributed by atoms with Crippen LogP contribution in [0.15, 0.2) is 24.3 Å². The first-order chi connectivity index (χ1) is 8.38. The van der Waals surface area contributed by atoms with Crippen LogP contribution in [0.1, 0.15) is 5.69 Å². The molecule has 4 nitrogen and oxygen atoms in total.